The lowest BCUT2D eigenvalue weighted by Gasteiger charge is -2.16. The van der Waals surface area contributed by atoms with Gasteiger partial charge in [-0.25, -0.2) is 0 Å². The molecule has 0 fully saturated rings. The molecule has 0 aliphatic carbocycles. The van der Waals surface area contributed by atoms with Crippen LogP contribution in [0.2, 0.25) is 0 Å². The molecule has 0 bridgehead atoms. The topological polar surface area (TPSA) is 45.4 Å². The van der Waals surface area contributed by atoms with Gasteiger partial charge < -0.3 is 10.2 Å². The zero-order valence-corrected chi connectivity index (χ0v) is 9.73. The van der Waals surface area contributed by atoms with E-state index in [9.17, 15) is 10.2 Å². The Labute approximate surface area is 90.7 Å². The normalized spacial score (nSPS) is 13.9. The molecule has 84 valence electrons. The van der Waals surface area contributed by atoms with Crippen molar-refractivity contribution < 1.29 is 10.2 Å². The molecule has 1 aromatic rings. The van der Waals surface area contributed by atoms with Crippen LogP contribution in [0.3, 0.4) is 0 Å². The van der Waals surface area contributed by atoms with Crippen molar-refractivity contribution in [2.45, 2.75) is 26.7 Å². The molecule has 0 aliphatic rings. The molecule has 15 heavy (non-hydrogen) atoms. The first kappa shape index (κ1) is 11.7. The van der Waals surface area contributed by atoms with Crippen molar-refractivity contribution in [2.75, 3.05) is 0 Å². The van der Waals surface area contributed by atoms with Crippen LogP contribution in [-0.2, 0) is 7.05 Å². The number of hydrogen-bond acceptors (Lipinski definition) is 2. The van der Waals surface area contributed by atoms with Crippen LogP contribution in [0.1, 0.15) is 32.3 Å². The second kappa shape index (κ2) is 4.43. The Balaban J connectivity index is 3.17. The molecule has 0 aromatic carbocycles. The maximum Gasteiger partial charge on any atom is 0.197 e. The van der Waals surface area contributed by atoms with E-state index in [1.165, 1.54) is 4.57 Å². The molecule has 3 nitrogen and oxygen atoms in total. The van der Waals surface area contributed by atoms with Crippen LogP contribution in [0.25, 0.3) is 0 Å². The van der Waals surface area contributed by atoms with E-state index in [4.69, 9.17) is 0 Å². The van der Waals surface area contributed by atoms with E-state index in [-0.39, 0.29) is 17.7 Å². The van der Waals surface area contributed by atoms with Gasteiger partial charge in [0.1, 0.15) is 0 Å². The number of aromatic nitrogens is 1. The van der Waals surface area contributed by atoms with Gasteiger partial charge in [0, 0.05) is 24.6 Å². The van der Waals surface area contributed by atoms with Crippen molar-refractivity contribution in [1.29, 1.82) is 0 Å². The van der Waals surface area contributed by atoms with E-state index in [1.807, 2.05) is 19.1 Å². The van der Waals surface area contributed by atoms with Gasteiger partial charge in [0.25, 0.3) is 0 Å². The molecular formula is C12H19NO2. The number of allylic oxidation sites excluding steroid dienone is 2. The highest BCUT2D eigenvalue weighted by molar-refractivity contribution is 5.40. The third-order valence-corrected chi connectivity index (χ3v) is 2.68. The predicted molar refractivity (Wildman–Crippen MR) is 61.1 cm³/mol. The summed E-state index contributed by atoms with van der Waals surface area (Å²) in [6.07, 6.45) is 4.01. The highest BCUT2D eigenvalue weighted by Gasteiger charge is 2.20. The van der Waals surface area contributed by atoms with E-state index in [2.05, 4.69) is 13.8 Å². The molecule has 3 heteroatoms. The minimum Gasteiger partial charge on any atom is -0.494 e. The summed E-state index contributed by atoms with van der Waals surface area (Å²) in [5.74, 6) is 0.762. The van der Waals surface area contributed by atoms with E-state index in [1.54, 1.807) is 13.1 Å². The van der Waals surface area contributed by atoms with Crippen molar-refractivity contribution >= 4 is 0 Å². The van der Waals surface area contributed by atoms with Crippen LogP contribution in [0, 0.1) is 5.92 Å². The SMILES string of the molecule is CC=CC(c1cc(O)n(C)c1O)C(C)C. The summed E-state index contributed by atoms with van der Waals surface area (Å²) in [4.78, 5) is 0. The zero-order valence-electron chi connectivity index (χ0n) is 9.73. The lowest BCUT2D eigenvalue weighted by atomic mass is 9.89. The Kier molecular flexibility index (Phi) is 3.45. The zero-order chi connectivity index (χ0) is 11.6. The average Bonchev–Trinajstić information content (AvgIpc) is 2.42. The monoisotopic (exact) mass is 209 g/mol. The van der Waals surface area contributed by atoms with Gasteiger partial charge >= 0.3 is 0 Å². The van der Waals surface area contributed by atoms with E-state index in [0.717, 1.165) is 5.56 Å². The third kappa shape index (κ3) is 2.17. The van der Waals surface area contributed by atoms with Crippen molar-refractivity contribution in [3.8, 4) is 11.8 Å². The fraction of sp³-hybridized carbons (Fsp3) is 0.500. The van der Waals surface area contributed by atoms with E-state index in [0.29, 0.717) is 5.92 Å². The molecule has 1 aromatic heterocycles. The number of aromatic hydroxyl groups is 2. The minimum atomic E-state index is 0.0950. The van der Waals surface area contributed by atoms with Crippen LogP contribution in [0.4, 0.5) is 0 Å². The van der Waals surface area contributed by atoms with Crippen LogP contribution in [0.15, 0.2) is 18.2 Å². The van der Waals surface area contributed by atoms with Gasteiger partial charge in [0.15, 0.2) is 11.8 Å². The summed E-state index contributed by atoms with van der Waals surface area (Å²) in [5.41, 5.74) is 0.781. The summed E-state index contributed by atoms with van der Waals surface area (Å²) >= 11 is 0. The first-order valence-electron chi connectivity index (χ1n) is 5.19. The molecule has 1 heterocycles. The Bertz CT molecular complexity index is 364. The molecule has 0 amide bonds. The summed E-state index contributed by atoms with van der Waals surface area (Å²) < 4.78 is 1.38. The maximum atomic E-state index is 9.83. The van der Waals surface area contributed by atoms with Gasteiger partial charge in [0.05, 0.1) is 0 Å². The standard InChI is InChI=1S/C12H19NO2/c1-5-6-9(8(2)3)10-7-11(14)13(4)12(10)15/h5-9,14-15H,1-4H3. The summed E-state index contributed by atoms with van der Waals surface area (Å²) in [5, 5.41) is 19.3. The Morgan fingerprint density at radius 1 is 1.33 bits per heavy atom. The molecule has 0 saturated carbocycles. The Morgan fingerprint density at radius 3 is 2.27 bits per heavy atom. The first-order valence-corrected chi connectivity index (χ1v) is 5.19. The molecule has 0 radical (unpaired) electrons. The summed E-state index contributed by atoms with van der Waals surface area (Å²) in [7, 11) is 1.64. The average molecular weight is 209 g/mol. The highest BCUT2D eigenvalue weighted by Crippen LogP contribution is 2.36. The number of hydrogen-bond donors (Lipinski definition) is 2. The molecule has 1 atom stereocenters. The Morgan fingerprint density at radius 2 is 1.93 bits per heavy atom. The Hall–Kier alpha value is -1.38. The van der Waals surface area contributed by atoms with Crippen LogP contribution in [-0.4, -0.2) is 14.8 Å². The molecule has 1 unspecified atom stereocenters. The van der Waals surface area contributed by atoms with Crippen molar-refractivity contribution in [3.05, 3.63) is 23.8 Å². The molecule has 2 N–H and O–H groups in total. The van der Waals surface area contributed by atoms with Crippen LogP contribution < -0.4 is 0 Å². The van der Waals surface area contributed by atoms with Gasteiger partial charge in [-0.05, 0) is 12.8 Å². The van der Waals surface area contributed by atoms with Gasteiger partial charge in [0.2, 0.25) is 0 Å². The number of nitrogens with zero attached hydrogens (tertiary/aromatic N) is 1. The van der Waals surface area contributed by atoms with E-state index >= 15 is 0 Å². The van der Waals surface area contributed by atoms with Crippen molar-refractivity contribution in [1.82, 2.24) is 4.57 Å². The van der Waals surface area contributed by atoms with Crippen LogP contribution >= 0.6 is 0 Å². The summed E-state index contributed by atoms with van der Waals surface area (Å²) in [6.45, 7) is 6.14. The van der Waals surface area contributed by atoms with Crippen molar-refractivity contribution in [2.24, 2.45) is 13.0 Å². The van der Waals surface area contributed by atoms with Gasteiger partial charge in [-0.2, -0.15) is 0 Å². The fourth-order valence-corrected chi connectivity index (χ4v) is 1.74. The molecule has 0 saturated heterocycles. The second-order valence-corrected chi connectivity index (χ2v) is 4.14. The van der Waals surface area contributed by atoms with E-state index < -0.39 is 0 Å². The first-order chi connectivity index (χ1) is 6.99. The molecule has 0 spiro atoms. The fourth-order valence-electron chi connectivity index (χ4n) is 1.74. The molecule has 0 aliphatic heterocycles. The van der Waals surface area contributed by atoms with Crippen molar-refractivity contribution in [3.63, 3.8) is 0 Å². The molecular weight excluding hydrogens is 190 g/mol. The smallest absolute Gasteiger partial charge is 0.197 e. The minimum absolute atomic E-state index is 0.0950. The lowest BCUT2D eigenvalue weighted by molar-refractivity contribution is 0.382. The predicted octanol–water partition coefficient (Wildman–Crippen LogP) is 2.75. The van der Waals surface area contributed by atoms with Gasteiger partial charge in [-0.15, -0.1) is 0 Å². The summed E-state index contributed by atoms with van der Waals surface area (Å²) in [6, 6.07) is 1.62. The van der Waals surface area contributed by atoms with Crippen LogP contribution in [0.5, 0.6) is 11.8 Å². The molecule has 1 rings (SSSR count). The quantitative estimate of drug-likeness (QED) is 0.752. The third-order valence-electron chi connectivity index (χ3n) is 2.68. The number of rotatable bonds is 3. The maximum absolute atomic E-state index is 9.83. The van der Waals surface area contributed by atoms with Gasteiger partial charge in [-0.1, -0.05) is 26.0 Å². The second-order valence-electron chi connectivity index (χ2n) is 4.14. The lowest BCUT2D eigenvalue weighted by Crippen LogP contribution is -2.03. The largest absolute Gasteiger partial charge is 0.494 e. The highest BCUT2D eigenvalue weighted by atomic mass is 16.3. The van der Waals surface area contributed by atoms with Gasteiger partial charge in [-0.3, -0.25) is 4.57 Å².